The fraction of sp³-hybridized carbons (Fsp3) is 0.188. The Balaban J connectivity index is 2.19. The second kappa shape index (κ2) is 5.95. The molecule has 5 heteroatoms. The van der Waals surface area contributed by atoms with Crippen molar-refractivity contribution >= 4 is 10.9 Å². The van der Waals surface area contributed by atoms with Crippen LogP contribution < -0.4 is 11.5 Å². The summed E-state index contributed by atoms with van der Waals surface area (Å²) in [5.41, 5.74) is 15.7. The van der Waals surface area contributed by atoms with Gasteiger partial charge in [-0.25, -0.2) is 4.98 Å². The fourth-order valence-corrected chi connectivity index (χ4v) is 2.42. The zero-order valence-corrected chi connectivity index (χ0v) is 11.6. The molecule has 0 saturated heterocycles. The summed E-state index contributed by atoms with van der Waals surface area (Å²) in [7, 11) is 0. The zero-order valence-electron chi connectivity index (χ0n) is 11.6. The number of fused-ring (bicyclic) bond motifs is 1. The summed E-state index contributed by atoms with van der Waals surface area (Å²) in [6.07, 6.45) is 7.76. The molecule has 106 valence electrons. The van der Waals surface area contributed by atoms with Crippen LogP contribution in [-0.4, -0.2) is 21.5 Å². The van der Waals surface area contributed by atoms with Crippen molar-refractivity contribution in [3.8, 4) is 11.3 Å². The third-order valence-corrected chi connectivity index (χ3v) is 3.50. The highest BCUT2D eigenvalue weighted by molar-refractivity contribution is 5.84. The van der Waals surface area contributed by atoms with Crippen molar-refractivity contribution in [3.05, 3.63) is 54.6 Å². The Morgan fingerprint density at radius 3 is 2.57 bits per heavy atom. The van der Waals surface area contributed by atoms with Gasteiger partial charge in [0.25, 0.3) is 0 Å². The van der Waals surface area contributed by atoms with Gasteiger partial charge in [-0.1, -0.05) is 0 Å². The highest BCUT2D eigenvalue weighted by Crippen LogP contribution is 2.28. The summed E-state index contributed by atoms with van der Waals surface area (Å²) in [5.74, 6) is 0. The molecule has 3 heterocycles. The van der Waals surface area contributed by atoms with Gasteiger partial charge in [0.15, 0.2) is 0 Å². The van der Waals surface area contributed by atoms with Gasteiger partial charge in [0.05, 0.1) is 17.4 Å². The molecule has 1 unspecified atom stereocenters. The Morgan fingerprint density at radius 2 is 1.81 bits per heavy atom. The number of nitrogens with two attached hydrogens (primary N) is 2. The largest absolute Gasteiger partial charge is 0.330 e. The molecule has 1 atom stereocenters. The molecule has 4 N–H and O–H groups in total. The molecular weight excluding hydrogens is 262 g/mol. The molecule has 3 aromatic heterocycles. The van der Waals surface area contributed by atoms with Crippen LogP contribution in [0.4, 0.5) is 0 Å². The number of nitrogens with zero attached hydrogens (tertiary/aromatic N) is 3. The summed E-state index contributed by atoms with van der Waals surface area (Å²) in [5, 5.41) is 1.03. The van der Waals surface area contributed by atoms with E-state index in [1.165, 1.54) is 0 Å². The van der Waals surface area contributed by atoms with E-state index in [-0.39, 0.29) is 6.04 Å². The van der Waals surface area contributed by atoms with E-state index in [0.717, 1.165) is 34.1 Å². The summed E-state index contributed by atoms with van der Waals surface area (Å²) < 4.78 is 0. The third-order valence-electron chi connectivity index (χ3n) is 3.50. The number of pyridine rings is 3. The predicted molar refractivity (Wildman–Crippen MR) is 83.4 cm³/mol. The van der Waals surface area contributed by atoms with Gasteiger partial charge in [0, 0.05) is 35.6 Å². The zero-order chi connectivity index (χ0) is 14.7. The van der Waals surface area contributed by atoms with Crippen LogP contribution in [-0.2, 0) is 0 Å². The van der Waals surface area contributed by atoms with E-state index in [1.54, 1.807) is 24.8 Å². The second-order valence-corrected chi connectivity index (χ2v) is 4.91. The van der Waals surface area contributed by atoms with E-state index < -0.39 is 0 Å². The van der Waals surface area contributed by atoms with E-state index in [1.807, 2.05) is 24.3 Å². The molecule has 0 spiro atoms. The van der Waals surface area contributed by atoms with Crippen LogP contribution >= 0.6 is 0 Å². The van der Waals surface area contributed by atoms with Crippen molar-refractivity contribution in [1.82, 2.24) is 15.0 Å². The number of hydrogen-bond acceptors (Lipinski definition) is 5. The normalized spacial score (nSPS) is 12.5. The first-order valence-corrected chi connectivity index (χ1v) is 6.90. The van der Waals surface area contributed by atoms with Gasteiger partial charge < -0.3 is 11.5 Å². The first kappa shape index (κ1) is 13.6. The van der Waals surface area contributed by atoms with Gasteiger partial charge in [-0.05, 0) is 42.8 Å². The van der Waals surface area contributed by atoms with Crippen LogP contribution in [0.5, 0.6) is 0 Å². The van der Waals surface area contributed by atoms with Crippen LogP contribution in [0.15, 0.2) is 49.1 Å². The van der Waals surface area contributed by atoms with Crippen molar-refractivity contribution in [2.45, 2.75) is 12.5 Å². The molecule has 0 radical (unpaired) electrons. The summed E-state index contributed by atoms with van der Waals surface area (Å²) in [6.45, 7) is 0.556. The maximum Gasteiger partial charge on any atom is 0.0895 e. The topological polar surface area (TPSA) is 90.7 Å². The molecule has 0 aromatic carbocycles. The average Bonchev–Trinajstić information content (AvgIpc) is 2.55. The Labute approximate surface area is 123 Å². The standard InChI is InChI=1S/C16H17N5/c17-5-1-14(18)13-9-15(11-2-6-19-7-3-11)21-16-10-20-8-4-12(13)16/h2-4,6-10,14H,1,5,17-18H2. The monoisotopic (exact) mass is 279 g/mol. The summed E-state index contributed by atoms with van der Waals surface area (Å²) >= 11 is 0. The minimum atomic E-state index is -0.108. The van der Waals surface area contributed by atoms with Crippen molar-refractivity contribution in [3.63, 3.8) is 0 Å². The Hall–Kier alpha value is -2.37. The molecule has 5 nitrogen and oxygen atoms in total. The first-order valence-electron chi connectivity index (χ1n) is 6.90. The molecule has 3 aromatic rings. The molecule has 21 heavy (non-hydrogen) atoms. The van der Waals surface area contributed by atoms with E-state index >= 15 is 0 Å². The maximum atomic E-state index is 6.28. The molecule has 0 aliphatic carbocycles. The number of aromatic nitrogens is 3. The first-order chi connectivity index (χ1) is 10.3. The fourth-order valence-electron chi connectivity index (χ4n) is 2.42. The molecule has 0 aliphatic rings. The van der Waals surface area contributed by atoms with Crippen LogP contribution in [0.1, 0.15) is 18.0 Å². The Kier molecular flexibility index (Phi) is 3.85. The van der Waals surface area contributed by atoms with E-state index in [4.69, 9.17) is 11.5 Å². The lowest BCUT2D eigenvalue weighted by molar-refractivity contribution is 0.665. The predicted octanol–water partition coefficient (Wildman–Crippen LogP) is 2.04. The third kappa shape index (κ3) is 2.74. The van der Waals surface area contributed by atoms with Crippen LogP contribution in [0.2, 0.25) is 0 Å². The molecule has 0 fully saturated rings. The van der Waals surface area contributed by atoms with Crippen LogP contribution in [0.25, 0.3) is 22.2 Å². The Bertz CT molecular complexity index is 742. The van der Waals surface area contributed by atoms with Gasteiger partial charge >= 0.3 is 0 Å². The van der Waals surface area contributed by atoms with E-state index in [2.05, 4.69) is 15.0 Å². The van der Waals surface area contributed by atoms with Crippen LogP contribution in [0, 0.1) is 0 Å². The van der Waals surface area contributed by atoms with Crippen molar-refractivity contribution in [2.75, 3.05) is 6.54 Å². The number of rotatable bonds is 4. The molecule has 0 aliphatic heterocycles. The number of hydrogen-bond donors (Lipinski definition) is 2. The van der Waals surface area contributed by atoms with Crippen LogP contribution in [0.3, 0.4) is 0 Å². The van der Waals surface area contributed by atoms with Gasteiger partial charge in [-0.2, -0.15) is 0 Å². The maximum absolute atomic E-state index is 6.28. The lowest BCUT2D eigenvalue weighted by Gasteiger charge is -2.15. The van der Waals surface area contributed by atoms with Gasteiger partial charge in [0.2, 0.25) is 0 Å². The second-order valence-electron chi connectivity index (χ2n) is 4.91. The van der Waals surface area contributed by atoms with Gasteiger partial charge in [-0.15, -0.1) is 0 Å². The molecule has 0 saturated carbocycles. The summed E-state index contributed by atoms with van der Waals surface area (Å²) in [6, 6.07) is 7.75. The Morgan fingerprint density at radius 1 is 1.05 bits per heavy atom. The summed E-state index contributed by atoms with van der Waals surface area (Å²) in [4.78, 5) is 12.9. The minimum Gasteiger partial charge on any atom is -0.330 e. The molecule has 3 rings (SSSR count). The molecular formula is C16H17N5. The minimum absolute atomic E-state index is 0.108. The SMILES string of the molecule is NCCC(N)c1cc(-c2ccncc2)nc2cnccc12. The van der Waals surface area contributed by atoms with E-state index in [9.17, 15) is 0 Å². The average molecular weight is 279 g/mol. The van der Waals surface area contributed by atoms with Gasteiger partial charge in [-0.3, -0.25) is 9.97 Å². The van der Waals surface area contributed by atoms with E-state index in [0.29, 0.717) is 6.54 Å². The van der Waals surface area contributed by atoms with Crippen molar-refractivity contribution < 1.29 is 0 Å². The quantitative estimate of drug-likeness (QED) is 0.762. The highest BCUT2D eigenvalue weighted by atomic mass is 14.8. The van der Waals surface area contributed by atoms with Gasteiger partial charge in [0.1, 0.15) is 0 Å². The lowest BCUT2D eigenvalue weighted by Crippen LogP contribution is -2.16. The van der Waals surface area contributed by atoms with Crippen molar-refractivity contribution in [1.29, 1.82) is 0 Å². The van der Waals surface area contributed by atoms with Crippen molar-refractivity contribution in [2.24, 2.45) is 11.5 Å². The molecule has 0 bridgehead atoms. The molecule has 0 amide bonds. The highest BCUT2D eigenvalue weighted by Gasteiger charge is 2.13. The smallest absolute Gasteiger partial charge is 0.0895 e. The lowest BCUT2D eigenvalue weighted by atomic mass is 9.98.